The number of carbonyl (C=O) groups is 4. The molecule has 0 saturated carbocycles. The zero-order valence-electron chi connectivity index (χ0n) is 32.6. The lowest BCUT2D eigenvalue weighted by Crippen LogP contribution is -2.54. The van der Waals surface area contributed by atoms with E-state index in [1.165, 1.54) is 13.3 Å². The lowest BCUT2D eigenvalue weighted by atomic mass is 10.0. The molecule has 0 spiro atoms. The van der Waals surface area contributed by atoms with Crippen molar-refractivity contribution in [1.82, 2.24) is 30.4 Å². The molecule has 14 heteroatoms. The Bertz CT molecular complexity index is 1570. The van der Waals surface area contributed by atoms with E-state index in [0.717, 1.165) is 23.2 Å². The van der Waals surface area contributed by atoms with E-state index in [1.807, 2.05) is 65.8 Å². The van der Waals surface area contributed by atoms with E-state index in [2.05, 4.69) is 60.1 Å². The topological polar surface area (TPSA) is 184 Å². The number of nitrogens with two attached hydrogens (primary N) is 1. The Kier molecular flexibility index (Phi) is 20.6. The largest absolute Gasteiger partial charge is 0.453 e. The number of alkyl carbamates (subject to hydrolysis) is 1. The molecule has 1 fully saturated rings. The number of hydrogen-bond donors (Lipinski definition) is 4. The van der Waals surface area contributed by atoms with Crippen LogP contribution in [0.2, 0.25) is 0 Å². The van der Waals surface area contributed by atoms with Crippen LogP contribution in [0.3, 0.4) is 0 Å². The second-order valence-electron chi connectivity index (χ2n) is 12.7. The molecular formula is C39H58N8O6. The number of benzene rings is 1. The monoisotopic (exact) mass is 734 g/mol. The molecule has 3 rings (SSSR count). The Labute approximate surface area is 314 Å². The Hall–Kier alpha value is -5.42. The first-order valence-electron chi connectivity index (χ1n) is 17.5. The third-order valence-corrected chi connectivity index (χ3v) is 8.33. The molecule has 0 aliphatic carbocycles. The van der Waals surface area contributed by atoms with Crippen LogP contribution in [-0.2, 0) is 23.9 Å². The molecule has 1 aromatic heterocycles. The summed E-state index contributed by atoms with van der Waals surface area (Å²) < 4.78 is 8.93. The van der Waals surface area contributed by atoms with E-state index >= 15 is 0 Å². The van der Waals surface area contributed by atoms with Crippen LogP contribution < -0.4 is 16.4 Å². The van der Waals surface area contributed by atoms with Gasteiger partial charge in [-0.2, -0.15) is 0 Å². The van der Waals surface area contributed by atoms with Crippen molar-refractivity contribution in [3.63, 3.8) is 0 Å². The molecule has 1 aromatic carbocycles. The standard InChI is InChI=1S/C35H48N8O5.C2H6O.C2H4/c1-8-42(33(45)29(22(2)3)39-21-44)24(6)32-38-20-27(40-32)26-16-14-25(15-17-26)12-9-10-18-37-31(36)28-13-11-19-43(28)34(46)30(23(4)5)41-35(47)48-7;1-3-2;1-2/h10,14-18,20-24,28-30H,8,11,13,19H2,1-7H3,(H2,36,37)(H,38,40)(H,39,44)(H,41,47);1-2H3;1-2H2/b18-10+;;/t24-,28-,29-,30?;;/m1../s1. The summed E-state index contributed by atoms with van der Waals surface area (Å²) in [5.41, 5.74) is 8.78. The van der Waals surface area contributed by atoms with Crippen molar-refractivity contribution in [2.24, 2.45) is 22.6 Å². The second-order valence-corrected chi connectivity index (χ2v) is 12.7. The number of likely N-dealkylation sites (tertiary alicyclic amines) is 1. The number of carbonyl (C=O) groups excluding carboxylic acids is 4. The lowest BCUT2D eigenvalue weighted by Gasteiger charge is -2.31. The van der Waals surface area contributed by atoms with Crippen molar-refractivity contribution < 1.29 is 28.7 Å². The van der Waals surface area contributed by atoms with E-state index in [1.54, 1.807) is 36.3 Å². The summed E-state index contributed by atoms with van der Waals surface area (Å²) in [5, 5.41) is 5.26. The van der Waals surface area contributed by atoms with Crippen LogP contribution in [0.25, 0.3) is 11.3 Å². The maximum absolute atomic E-state index is 13.2. The maximum atomic E-state index is 13.2. The van der Waals surface area contributed by atoms with Gasteiger partial charge in [0.25, 0.3) is 0 Å². The molecular weight excluding hydrogens is 676 g/mol. The Morgan fingerprint density at radius 3 is 2.28 bits per heavy atom. The van der Waals surface area contributed by atoms with E-state index in [9.17, 15) is 19.2 Å². The van der Waals surface area contributed by atoms with Gasteiger partial charge >= 0.3 is 6.09 Å². The van der Waals surface area contributed by atoms with Crippen LogP contribution in [0.5, 0.6) is 0 Å². The van der Waals surface area contributed by atoms with Crippen LogP contribution in [0.15, 0.2) is 60.9 Å². The fourth-order valence-corrected chi connectivity index (χ4v) is 5.59. The van der Waals surface area contributed by atoms with Gasteiger partial charge in [-0.05, 0) is 56.2 Å². The Balaban J connectivity index is 0.00000267. The van der Waals surface area contributed by atoms with Crippen LogP contribution in [0, 0.1) is 23.7 Å². The molecule has 53 heavy (non-hydrogen) atoms. The van der Waals surface area contributed by atoms with Gasteiger partial charge in [0.2, 0.25) is 18.2 Å². The molecule has 5 N–H and O–H groups in total. The number of nitrogens with one attached hydrogen (secondary N) is 3. The molecule has 14 nitrogen and oxygen atoms in total. The second kappa shape index (κ2) is 23.9. The Morgan fingerprint density at radius 1 is 1.11 bits per heavy atom. The third-order valence-electron chi connectivity index (χ3n) is 8.33. The fourth-order valence-electron chi connectivity index (χ4n) is 5.59. The number of H-pyrrole nitrogens is 1. The van der Waals surface area contributed by atoms with Gasteiger partial charge in [-0.25, -0.2) is 14.8 Å². The first kappa shape index (κ1) is 45.6. The number of aromatic amines is 1. The number of methoxy groups -OCH3 is 2. The number of amidine groups is 1. The quantitative estimate of drug-likeness (QED) is 0.0767. The van der Waals surface area contributed by atoms with Gasteiger partial charge in [0, 0.05) is 45.1 Å². The van der Waals surface area contributed by atoms with Gasteiger partial charge in [0.1, 0.15) is 23.7 Å². The summed E-state index contributed by atoms with van der Waals surface area (Å²) in [7, 11) is 4.51. The molecule has 1 unspecified atom stereocenters. The minimum absolute atomic E-state index is 0.0546. The molecule has 4 atom stereocenters. The van der Waals surface area contributed by atoms with Crippen LogP contribution in [0.4, 0.5) is 4.79 Å². The predicted molar refractivity (Wildman–Crippen MR) is 208 cm³/mol. The summed E-state index contributed by atoms with van der Waals surface area (Å²) in [6.07, 6.45) is 6.21. The average Bonchev–Trinajstić information content (AvgIpc) is 3.85. The number of amides is 4. The zero-order chi connectivity index (χ0) is 40.1. The van der Waals surface area contributed by atoms with Gasteiger partial charge in [0.05, 0.1) is 31.1 Å². The SMILES string of the molecule is C=C.CCN(C(=O)[C@H](NC=O)C(C)C)[C@H](C)c1ncc(-c2ccc(C#C/C=C/N=C(N)[C@H]3CCCN3C(=O)C(NC(=O)OC)C(C)C)cc2)[nH]1.COC. The molecule has 2 heterocycles. The number of rotatable bonds is 13. The van der Waals surface area contributed by atoms with Crippen molar-refractivity contribution >= 4 is 30.2 Å². The van der Waals surface area contributed by atoms with E-state index < -0.39 is 18.2 Å². The molecule has 2 aromatic rings. The van der Waals surface area contributed by atoms with E-state index in [-0.39, 0.29) is 35.7 Å². The predicted octanol–water partition coefficient (Wildman–Crippen LogP) is 4.42. The van der Waals surface area contributed by atoms with Crippen molar-refractivity contribution in [2.45, 2.75) is 78.6 Å². The number of allylic oxidation sites excluding steroid dienone is 1. The summed E-state index contributed by atoms with van der Waals surface area (Å²) in [5.74, 6) is 6.41. The normalized spacial score (nSPS) is 15.5. The van der Waals surface area contributed by atoms with Gasteiger partial charge < -0.3 is 40.6 Å². The van der Waals surface area contributed by atoms with Gasteiger partial charge in [-0.3, -0.25) is 14.4 Å². The number of aliphatic imine (C=N–C) groups is 1. The molecule has 0 radical (unpaired) electrons. The molecule has 1 saturated heterocycles. The number of aromatic nitrogens is 2. The third kappa shape index (κ3) is 13.6. The first-order valence-corrected chi connectivity index (χ1v) is 17.5. The average molecular weight is 735 g/mol. The smallest absolute Gasteiger partial charge is 0.407 e. The zero-order valence-corrected chi connectivity index (χ0v) is 32.6. The highest BCUT2D eigenvalue weighted by Gasteiger charge is 2.37. The number of imidazole rings is 1. The van der Waals surface area contributed by atoms with Crippen molar-refractivity contribution in [1.29, 1.82) is 0 Å². The first-order chi connectivity index (χ1) is 25.3. The highest BCUT2D eigenvalue weighted by molar-refractivity contribution is 5.94. The van der Waals surface area contributed by atoms with Gasteiger partial charge in [-0.1, -0.05) is 51.7 Å². The minimum atomic E-state index is -0.727. The number of ether oxygens (including phenoxy) is 2. The highest BCUT2D eigenvalue weighted by Crippen LogP contribution is 2.24. The van der Waals surface area contributed by atoms with Crippen molar-refractivity contribution in [3.8, 4) is 23.1 Å². The molecule has 290 valence electrons. The molecule has 1 aliphatic heterocycles. The maximum Gasteiger partial charge on any atom is 0.407 e. The summed E-state index contributed by atoms with van der Waals surface area (Å²) in [6, 6.07) is 5.64. The number of hydrogen-bond acceptors (Lipinski definition) is 8. The van der Waals surface area contributed by atoms with Gasteiger partial charge in [-0.15, -0.1) is 13.2 Å². The lowest BCUT2D eigenvalue weighted by molar-refractivity contribution is -0.138. The molecule has 4 amide bonds. The summed E-state index contributed by atoms with van der Waals surface area (Å²) >= 11 is 0. The summed E-state index contributed by atoms with van der Waals surface area (Å²) in [4.78, 5) is 64.8. The van der Waals surface area contributed by atoms with Gasteiger partial charge in [0.15, 0.2) is 0 Å². The van der Waals surface area contributed by atoms with E-state index in [0.29, 0.717) is 37.6 Å². The summed E-state index contributed by atoms with van der Waals surface area (Å²) in [6.45, 7) is 18.3. The van der Waals surface area contributed by atoms with Crippen molar-refractivity contribution in [3.05, 3.63) is 67.3 Å². The van der Waals surface area contributed by atoms with Crippen LogP contribution >= 0.6 is 0 Å². The number of nitrogens with zero attached hydrogens (tertiary/aromatic N) is 4. The fraction of sp³-hybridized carbons (Fsp3) is 0.487. The molecule has 0 bridgehead atoms. The molecule has 1 aliphatic rings. The van der Waals surface area contributed by atoms with E-state index in [4.69, 9.17) is 5.73 Å². The highest BCUT2D eigenvalue weighted by atomic mass is 16.5. The minimum Gasteiger partial charge on any atom is -0.453 e. The number of likely N-dealkylation sites (N-methyl/N-ethyl adjacent to an activating group) is 1. The Morgan fingerprint density at radius 2 is 1.74 bits per heavy atom. The van der Waals surface area contributed by atoms with Crippen molar-refractivity contribution in [2.75, 3.05) is 34.4 Å². The van der Waals surface area contributed by atoms with Crippen LogP contribution in [0.1, 0.15) is 71.8 Å². The van der Waals surface area contributed by atoms with Crippen LogP contribution in [-0.4, -0.2) is 102 Å².